The molecule has 12 heteroatoms. The van der Waals surface area contributed by atoms with Gasteiger partial charge >= 0.3 is 11.7 Å². The maximum absolute atomic E-state index is 10.5. The van der Waals surface area contributed by atoms with Crippen molar-refractivity contribution in [3.63, 3.8) is 0 Å². The average molecular weight is 375 g/mol. The molecule has 2 rings (SSSR count). The molecule has 0 aromatic carbocycles. The summed E-state index contributed by atoms with van der Waals surface area (Å²) in [7, 11) is 0. The van der Waals surface area contributed by atoms with Crippen LogP contribution in [0.2, 0.25) is 10.3 Å². The van der Waals surface area contributed by atoms with Crippen molar-refractivity contribution in [2.75, 3.05) is 0 Å². The molecule has 2 aromatic heterocycles. The van der Waals surface area contributed by atoms with E-state index in [4.69, 9.17) is 28.3 Å². The number of carboxylic acids is 1. The van der Waals surface area contributed by atoms with Crippen LogP contribution < -0.4 is 0 Å². The number of rotatable bonds is 3. The highest BCUT2D eigenvalue weighted by molar-refractivity contribution is 6.30. The summed E-state index contributed by atoms with van der Waals surface area (Å²) in [5, 5.41) is 29.3. The van der Waals surface area contributed by atoms with Crippen LogP contribution in [-0.2, 0) is 0 Å². The van der Waals surface area contributed by atoms with Gasteiger partial charge in [0.1, 0.15) is 28.3 Å². The highest BCUT2D eigenvalue weighted by atomic mass is 35.5. The number of aromatic carboxylic acids is 1. The first kappa shape index (κ1) is 19.2. The predicted molar refractivity (Wildman–Crippen MR) is 83.5 cm³/mol. The van der Waals surface area contributed by atoms with E-state index in [2.05, 4.69) is 9.97 Å². The van der Waals surface area contributed by atoms with Crippen LogP contribution in [0, 0.1) is 27.2 Å². The van der Waals surface area contributed by atoms with E-state index in [-0.39, 0.29) is 16.0 Å². The Labute approximate surface area is 144 Å². The maximum atomic E-state index is 10.5. The van der Waals surface area contributed by atoms with Crippen LogP contribution in [0.3, 0.4) is 0 Å². The largest absolute Gasteiger partial charge is 0.477 e. The molecule has 2 aromatic rings. The fourth-order valence-electron chi connectivity index (χ4n) is 1.45. The van der Waals surface area contributed by atoms with E-state index in [9.17, 15) is 25.0 Å². The second-order valence-corrected chi connectivity index (χ2v) is 4.91. The summed E-state index contributed by atoms with van der Waals surface area (Å²) in [6, 6.07) is 2.39. The van der Waals surface area contributed by atoms with Gasteiger partial charge in [-0.3, -0.25) is 20.2 Å². The van der Waals surface area contributed by atoms with Gasteiger partial charge in [0.2, 0.25) is 0 Å². The van der Waals surface area contributed by atoms with Crippen LogP contribution in [0.1, 0.15) is 15.9 Å². The topological polar surface area (TPSA) is 149 Å². The number of carboxylic acid groups (broad SMARTS) is 1. The monoisotopic (exact) mass is 374 g/mol. The normalized spacial score (nSPS) is 9.62. The molecule has 0 spiro atoms. The SMILES string of the molecule is Cc1cc(Cl)ncc1[N+](=O)[O-].O=C(O)c1cc(Cl)ncc1[N+](=O)[O-]. The third-order valence-corrected chi connectivity index (χ3v) is 2.94. The lowest BCUT2D eigenvalue weighted by atomic mass is 10.2. The van der Waals surface area contributed by atoms with Crippen LogP contribution in [-0.4, -0.2) is 30.9 Å². The number of carbonyl (C=O) groups is 1. The molecule has 0 amide bonds. The Morgan fingerprint density at radius 3 is 1.92 bits per heavy atom. The van der Waals surface area contributed by atoms with Crippen LogP contribution in [0.5, 0.6) is 0 Å². The van der Waals surface area contributed by atoms with Crippen molar-refractivity contribution in [3.8, 4) is 0 Å². The van der Waals surface area contributed by atoms with Crippen molar-refractivity contribution in [2.45, 2.75) is 6.92 Å². The van der Waals surface area contributed by atoms with E-state index in [1.54, 1.807) is 6.92 Å². The Morgan fingerprint density at radius 2 is 1.50 bits per heavy atom. The summed E-state index contributed by atoms with van der Waals surface area (Å²) in [4.78, 5) is 36.7. The van der Waals surface area contributed by atoms with E-state index >= 15 is 0 Å². The Bertz CT molecular complexity index is 814. The van der Waals surface area contributed by atoms with Crippen LogP contribution in [0.15, 0.2) is 24.5 Å². The van der Waals surface area contributed by atoms with Gasteiger partial charge < -0.3 is 5.11 Å². The third kappa shape index (κ3) is 5.11. The van der Waals surface area contributed by atoms with Crippen LogP contribution >= 0.6 is 23.2 Å². The van der Waals surface area contributed by atoms with Crippen molar-refractivity contribution in [1.82, 2.24) is 9.97 Å². The minimum Gasteiger partial charge on any atom is -0.477 e. The van der Waals surface area contributed by atoms with Gasteiger partial charge in [-0.2, -0.15) is 0 Å². The molecule has 0 aliphatic rings. The van der Waals surface area contributed by atoms with Gasteiger partial charge in [0.15, 0.2) is 0 Å². The Kier molecular flexibility index (Phi) is 6.50. The molecule has 0 saturated carbocycles. The summed E-state index contributed by atoms with van der Waals surface area (Å²) in [5.74, 6) is -1.41. The molecule has 0 unspecified atom stereocenters. The lowest BCUT2D eigenvalue weighted by molar-refractivity contribution is -0.385. The van der Waals surface area contributed by atoms with Crippen molar-refractivity contribution < 1.29 is 19.7 Å². The lowest BCUT2D eigenvalue weighted by Crippen LogP contribution is -2.03. The van der Waals surface area contributed by atoms with E-state index in [0.29, 0.717) is 5.56 Å². The molecule has 0 fully saturated rings. The average Bonchev–Trinajstić information content (AvgIpc) is 2.46. The van der Waals surface area contributed by atoms with Crippen molar-refractivity contribution in [2.24, 2.45) is 0 Å². The molecular formula is C12H8Cl2N4O6. The van der Waals surface area contributed by atoms with Gasteiger partial charge in [-0.15, -0.1) is 0 Å². The second-order valence-electron chi connectivity index (χ2n) is 4.14. The first-order valence-corrected chi connectivity index (χ1v) is 6.68. The molecular weight excluding hydrogens is 367 g/mol. The van der Waals surface area contributed by atoms with E-state index < -0.39 is 27.1 Å². The van der Waals surface area contributed by atoms with Crippen molar-refractivity contribution in [1.29, 1.82) is 0 Å². The van der Waals surface area contributed by atoms with Crippen LogP contribution in [0.4, 0.5) is 11.4 Å². The van der Waals surface area contributed by atoms with E-state index in [0.717, 1.165) is 18.5 Å². The Morgan fingerprint density at radius 1 is 1.04 bits per heavy atom. The molecule has 2 heterocycles. The molecule has 126 valence electrons. The fourth-order valence-corrected chi connectivity index (χ4v) is 1.82. The standard InChI is InChI=1S/C6H3ClN2O4.C6H5ClN2O2/c7-5-1-3(6(10)11)4(2-8-5)9(12)13;1-4-2-6(7)8-3-5(4)9(10)11/h1-2H,(H,10,11);2-3H,1H3. The number of pyridine rings is 2. The van der Waals surface area contributed by atoms with Gasteiger partial charge in [0, 0.05) is 5.56 Å². The molecule has 0 aliphatic heterocycles. The maximum Gasteiger partial charge on any atom is 0.342 e. The fraction of sp³-hybridized carbons (Fsp3) is 0.0833. The summed E-state index contributed by atoms with van der Waals surface area (Å²) >= 11 is 10.9. The lowest BCUT2D eigenvalue weighted by Gasteiger charge is -1.96. The number of hydrogen-bond acceptors (Lipinski definition) is 7. The van der Waals surface area contributed by atoms with Gasteiger partial charge in [-0.25, -0.2) is 14.8 Å². The smallest absolute Gasteiger partial charge is 0.342 e. The third-order valence-electron chi connectivity index (χ3n) is 2.52. The highest BCUT2D eigenvalue weighted by Crippen LogP contribution is 2.20. The van der Waals surface area contributed by atoms with Gasteiger partial charge in [0.25, 0.3) is 5.69 Å². The summed E-state index contributed by atoms with van der Waals surface area (Å²) in [5.41, 5.74) is -0.522. The van der Waals surface area contributed by atoms with Crippen molar-refractivity contribution >= 4 is 40.5 Å². The first-order chi connectivity index (χ1) is 11.1. The van der Waals surface area contributed by atoms with Crippen LogP contribution in [0.25, 0.3) is 0 Å². The molecule has 1 N–H and O–H groups in total. The molecule has 0 saturated heterocycles. The van der Waals surface area contributed by atoms with E-state index in [1.165, 1.54) is 6.07 Å². The zero-order valence-corrected chi connectivity index (χ0v) is 13.4. The number of nitrogens with zero attached hydrogens (tertiary/aromatic N) is 4. The minimum atomic E-state index is -1.41. The molecule has 10 nitrogen and oxygen atoms in total. The Balaban J connectivity index is 0.000000243. The Hall–Kier alpha value is -2.85. The number of halogens is 2. The van der Waals surface area contributed by atoms with Gasteiger partial charge in [-0.05, 0) is 19.1 Å². The molecule has 0 radical (unpaired) electrons. The second kappa shape index (κ2) is 8.13. The molecule has 0 atom stereocenters. The summed E-state index contributed by atoms with van der Waals surface area (Å²) in [6.07, 6.45) is 1.96. The first-order valence-electron chi connectivity index (χ1n) is 5.93. The number of aromatic nitrogens is 2. The molecule has 24 heavy (non-hydrogen) atoms. The van der Waals surface area contributed by atoms with Gasteiger partial charge in [-0.1, -0.05) is 23.2 Å². The zero-order valence-electron chi connectivity index (χ0n) is 11.8. The molecule has 0 bridgehead atoms. The zero-order chi connectivity index (χ0) is 18.4. The number of hydrogen-bond donors (Lipinski definition) is 1. The molecule has 0 aliphatic carbocycles. The summed E-state index contributed by atoms with van der Waals surface area (Å²) < 4.78 is 0. The van der Waals surface area contributed by atoms with Crippen molar-refractivity contribution in [3.05, 3.63) is 66.2 Å². The minimum absolute atomic E-state index is 0.00519. The number of nitro groups is 2. The highest BCUT2D eigenvalue weighted by Gasteiger charge is 2.20. The number of aryl methyl sites for hydroxylation is 1. The predicted octanol–water partition coefficient (Wildman–Crippen LogP) is 3.29. The van der Waals surface area contributed by atoms with Gasteiger partial charge in [0.05, 0.1) is 9.85 Å². The van der Waals surface area contributed by atoms with E-state index in [1.807, 2.05) is 0 Å². The quantitative estimate of drug-likeness (QED) is 0.488. The summed E-state index contributed by atoms with van der Waals surface area (Å²) in [6.45, 7) is 1.62.